The van der Waals surface area contributed by atoms with E-state index in [9.17, 15) is 4.79 Å². The van der Waals surface area contributed by atoms with Gasteiger partial charge in [-0.2, -0.15) is 4.89 Å². The molecule has 0 saturated heterocycles. The van der Waals surface area contributed by atoms with Gasteiger partial charge in [-0.25, -0.2) is 4.79 Å². The Hall–Kier alpha value is -2.33. The van der Waals surface area contributed by atoms with Gasteiger partial charge >= 0.3 is 5.97 Å². The van der Waals surface area contributed by atoms with Crippen LogP contribution in [0.4, 0.5) is 0 Å². The van der Waals surface area contributed by atoms with Crippen molar-refractivity contribution in [3.8, 4) is 5.75 Å². The Morgan fingerprint density at radius 2 is 1.47 bits per heavy atom. The number of unbranched alkanes of at least 4 members (excludes halogenated alkanes) is 6. The van der Waals surface area contributed by atoms with E-state index in [4.69, 9.17) is 14.5 Å². The van der Waals surface area contributed by atoms with Gasteiger partial charge in [0.05, 0.1) is 12.2 Å². The minimum absolute atomic E-state index is 0.346. The number of hydrogen-bond donors (Lipinski definition) is 0. The van der Waals surface area contributed by atoms with Crippen LogP contribution in [0.1, 0.15) is 93.7 Å². The summed E-state index contributed by atoms with van der Waals surface area (Å²) in [6, 6.07) is 16.8. The first kappa shape index (κ1) is 23.9. The fourth-order valence-electron chi connectivity index (χ4n) is 3.33. The highest BCUT2D eigenvalue weighted by Crippen LogP contribution is 2.32. The maximum Gasteiger partial charge on any atom is 0.373 e. The molecule has 0 aromatic heterocycles. The Morgan fingerprint density at radius 3 is 2.20 bits per heavy atom. The number of hydrogen-bond acceptors (Lipinski definition) is 4. The van der Waals surface area contributed by atoms with E-state index in [0.717, 1.165) is 37.0 Å². The van der Waals surface area contributed by atoms with Crippen molar-refractivity contribution in [2.45, 2.75) is 77.7 Å². The molecule has 0 N–H and O–H groups in total. The fraction of sp³-hybridized carbons (Fsp3) is 0.500. The van der Waals surface area contributed by atoms with Crippen molar-refractivity contribution in [1.82, 2.24) is 0 Å². The van der Waals surface area contributed by atoms with Gasteiger partial charge in [0.15, 0.2) is 0 Å². The normalized spacial score (nSPS) is 11.8. The monoisotopic (exact) mass is 412 g/mol. The number of carbonyl (C=O) groups excluding carboxylic acids is 1. The molecule has 30 heavy (non-hydrogen) atoms. The number of para-hydroxylation sites is 1. The molecule has 1 atom stereocenters. The molecule has 0 aliphatic heterocycles. The molecule has 4 heteroatoms. The molecule has 0 bridgehead atoms. The summed E-state index contributed by atoms with van der Waals surface area (Å²) in [6.45, 7) is 5.08. The standard InChI is InChI=1S/C26H36O4/c1-3-5-7-12-20-25(29-30-26(27)22-16-10-9-11-17-22)23-18-13-14-19-24(23)28-21-15-8-6-4-2/h9-11,13-14,16-19,25H,3-8,12,15,20-21H2,1-2H3. The summed E-state index contributed by atoms with van der Waals surface area (Å²) in [6.07, 6.45) is 9.56. The lowest BCUT2D eigenvalue weighted by Crippen LogP contribution is -2.12. The van der Waals surface area contributed by atoms with Gasteiger partial charge in [-0.3, -0.25) is 4.89 Å². The van der Waals surface area contributed by atoms with Crippen molar-refractivity contribution in [3.63, 3.8) is 0 Å². The van der Waals surface area contributed by atoms with Crippen molar-refractivity contribution in [1.29, 1.82) is 0 Å². The maximum absolute atomic E-state index is 12.3. The first-order valence-electron chi connectivity index (χ1n) is 11.4. The van der Waals surface area contributed by atoms with E-state index in [-0.39, 0.29) is 6.10 Å². The third-order valence-corrected chi connectivity index (χ3v) is 5.09. The first-order chi connectivity index (χ1) is 14.8. The van der Waals surface area contributed by atoms with Gasteiger partial charge in [0.2, 0.25) is 0 Å². The van der Waals surface area contributed by atoms with Crippen molar-refractivity contribution in [2.24, 2.45) is 0 Å². The molecule has 0 saturated carbocycles. The SMILES string of the molecule is CCCCCCOc1ccccc1C(CCCCCC)OOC(=O)c1ccccc1. The lowest BCUT2D eigenvalue weighted by Gasteiger charge is -2.20. The molecule has 2 rings (SSSR count). The summed E-state index contributed by atoms with van der Waals surface area (Å²) in [5.41, 5.74) is 1.41. The summed E-state index contributed by atoms with van der Waals surface area (Å²) in [5, 5.41) is 0. The van der Waals surface area contributed by atoms with Crippen LogP contribution in [0.15, 0.2) is 54.6 Å². The van der Waals surface area contributed by atoms with Crippen molar-refractivity contribution >= 4 is 5.97 Å². The molecule has 0 fully saturated rings. The second-order valence-electron chi connectivity index (χ2n) is 7.62. The molecule has 0 heterocycles. The summed E-state index contributed by atoms with van der Waals surface area (Å²) in [5.74, 6) is 0.331. The Balaban J connectivity index is 2.03. The van der Waals surface area contributed by atoms with Crippen LogP contribution < -0.4 is 4.74 Å². The molecule has 2 aromatic carbocycles. The lowest BCUT2D eigenvalue weighted by atomic mass is 10.0. The quantitative estimate of drug-likeness (QED) is 0.173. The van der Waals surface area contributed by atoms with E-state index in [1.807, 2.05) is 30.3 Å². The van der Waals surface area contributed by atoms with E-state index in [2.05, 4.69) is 13.8 Å². The zero-order chi connectivity index (χ0) is 21.4. The van der Waals surface area contributed by atoms with Gasteiger partial charge in [0, 0.05) is 5.56 Å². The van der Waals surface area contributed by atoms with Gasteiger partial charge in [0.25, 0.3) is 0 Å². The molecule has 2 aromatic rings. The van der Waals surface area contributed by atoms with Gasteiger partial charge in [-0.15, -0.1) is 0 Å². The van der Waals surface area contributed by atoms with Crippen molar-refractivity contribution in [3.05, 3.63) is 65.7 Å². The van der Waals surface area contributed by atoms with E-state index in [0.29, 0.717) is 12.2 Å². The highest BCUT2D eigenvalue weighted by molar-refractivity contribution is 5.88. The second-order valence-corrected chi connectivity index (χ2v) is 7.62. The molecule has 4 nitrogen and oxygen atoms in total. The zero-order valence-electron chi connectivity index (χ0n) is 18.5. The molecule has 0 aliphatic rings. The Morgan fingerprint density at radius 1 is 0.800 bits per heavy atom. The molecule has 164 valence electrons. The van der Waals surface area contributed by atoms with E-state index < -0.39 is 5.97 Å². The van der Waals surface area contributed by atoms with Crippen LogP contribution in [0.2, 0.25) is 0 Å². The third-order valence-electron chi connectivity index (χ3n) is 5.09. The van der Waals surface area contributed by atoms with Crippen LogP contribution in [0.25, 0.3) is 0 Å². The van der Waals surface area contributed by atoms with Gasteiger partial charge < -0.3 is 4.74 Å². The average molecular weight is 413 g/mol. The van der Waals surface area contributed by atoms with Gasteiger partial charge in [-0.1, -0.05) is 95.2 Å². The summed E-state index contributed by atoms with van der Waals surface area (Å²) < 4.78 is 6.06. The molecule has 1 unspecified atom stereocenters. The maximum atomic E-state index is 12.3. The summed E-state index contributed by atoms with van der Waals surface area (Å²) >= 11 is 0. The van der Waals surface area contributed by atoms with Crippen molar-refractivity contribution in [2.75, 3.05) is 6.61 Å². The highest BCUT2D eigenvalue weighted by atomic mass is 17.2. The summed E-state index contributed by atoms with van der Waals surface area (Å²) in [7, 11) is 0. The Kier molecular flexibility index (Phi) is 11.7. The Bertz CT molecular complexity index is 714. The largest absolute Gasteiger partial charge is 0.493 e. The number of ether oxygens (including phenoxy) is 1. The molecule has 0 radical (unpaired) electrons. The number of benzene rings is 2. The minimum atomic E-state index is -0.480. The zero-order valence-corrected chi connectivity index (χ0v) is 18.5. The van der Waals surface area contributed by atoms with Crippen LogP contribution >= 0.6 is 0 Å². The fourth-order valence-corrected chi connectivity index (χ4v) is 3.33. The number of carbonyl (C=O) groups is 1. The highest BCUT2D eigenvalue weighted by Gasteiger charge is 2.20. The molecule has 0 spiro atoms. The molecular formula is C26H36O4. The van der Waals surface area contributed by atoms with Crippen LogP contribution in [0.5, 0.6) is 5.75 Å². The number of rotatable bonds is 15. The average Bonchev–Trinajstić information content (AvgIpc) is 2.79. The van der Waals surface area contributed by atoms with Crippen LogP contribution in [0.3, 0.4) is 0 Å². The van der Waals surface area contributed by atoms with E-state index in [1.54, 1.807) is 24.3 Å². The predicted molar refractivity (Wildman–Crippen MR) is 121 cm³/mol. The summed E-state index contributed by atoms with van der Waals surface area (Å²) in [4.78, 5) is 23.2. The van der Waals surface area contributed by atoms with Crippen LogP contribution in [-0.4, -0.2) is 12.6 Å². The van der Waals surface area contributed by atoms with Gasteiger partial charge in [-0.05, 0) is 31.0 Å². The topological polar surface area (TPSA) is 44.8 Å². The molecular weight excluding hydrogens is 376 g/mol. The van der Waals surface area contributed by atoms with Crippen LogP contribution in [-0.2, 0) is 9.78 Å². The van der Waals surface area contributed by atoms with Crippen LogP contribution in [0, 0.1) is 0 Å². The lowest BCUT2D eigenvalue weighted by molar-refractivity contribution is -0.279. The third kappa shape index (κ3) is 8.58. The Labute approximate surface area is 181 Å². The minimum Gasteiger partial charge on any atom is -0.493 e. The first-order valence-corrected chi connectivity index (χ1v) is 11.4. The van der Waals surface area contributed by atoms with Crippen molar-refractivity contribution < 1.29 is 19.3 Å². The predicted octanol–water partition coefficient (Wildman–Crippen LogP) is 7.45. The van der Waals surface area contributed by atoms with E-state index >= 15 is 0 Å². The smallest absolute Gasteiger partial charge is 0.373 e. The van der Waals surface area contributed by atoms with Gasteiger partial charge in [0.1, 0.15) is 11.9 Å². The molecule has 0 amide bonds. The van der Waals surface area contributed by atoms with E-state index in [1.165, 1.54) is 32.1 Å². The molecule has 0 aliphatic carbocycles. The second kappa shape index (κ2) is 14.6.